The molecule has 0 spiro atoms. The Hall–Kier alpha value is -0.930. The Morgan fingerprint density at radius 3 is 1.08 bits per heavy atom. The molecule has 37 heavy (non-hydrogen) atoms. The van der Waals surface area contributed by atoms with E-state index in [1.165, 1.54) is 122 Å². The summed E-state index contributed by atoms with van der Waals surface area (Å²) in [4.78, 5) is 10.5. The summed E-state index contributed by atoms with van der Waals surface area (Å²) in [5.41, 5.74) is 23.5. The molecule has 0 amide bonds. The normalized spacial score (nSPS) is 11.4. The minimum absolute atomic E-state index is 0.334. The number of carboxylic acids is 1. The van der Waals surface area contributed by atoms with Gasteiger partial charge in [-0.1, -0.05) is 128 Å². The van der Waals surface area contributed by atoms with Crippen molar-refractivity contribution in [3.63, 3.8) is 0 Å². The van der Waals surface area contributed by atoms with Gasteiger partial charge in [0.05, 0.1) is 0 Å². The van der Waals surface area contributed by atoms with Crippen molar-refractivity contribution in [3.05, 3.63) is 0 Å². The predicted octanol–water partition coefficient (Wildman–Crippen LogP) is 3.54. The molecule has 12 heteroatoms. The minimum Gasteiger partial charge on any atom is -0.481 e. The summed E-state index contributed by atoms with van der Waals surface area (Å²) in [5.74, 6) is 4.33. The molecule has 0 rings (SSSR count). The van der Waals surface area contributed by atoms with Crippen LogP contribution in [-0.4, -0.2) is 17.6 Å². The van der Waals surface area contributed by atoms with Gasteiger partial charge in [-0.05, 0) is 12.8 Å². The quantitative estimate of drug-likeness (QED) is 0.0338. The zero-order chi connectivity index (χ0) is 26.9. The van der Waals surface area contributed by atoms with Crippen LogP contribution in [0.5, 0.6) is 0 Å². The van der Waals surface area contributed by atoms with Gasteiger partial charge in [0.15, 0.2) is 0 Å². The number of nitrogens with two attached hydrogens (primary N) is 1. The van der Waals surface area contributed by atoms with Crippen molar-refractivity contribution < 1.29 is 9.90 Å². The lowest BCUT2D eigenvalue weighted by Gasteiger charge is -2.12. The van der Waals surface area contributed by atoms with Gasteiger partial charge in [-0.3, -0.25) is 10.6 Å². The number of carboxylic acid groups (broad SMARTS) is 1. The first-order valence-corrected chi connectivity index (χ1v) is 14.9. The lowest BCUT2D eigenvalue weighted by Crippen LogP contribution is -2.64. The van der Waals surface area contributed by atoms with Gasteiger partial charge in [-0.25, -0.2) is 5.43 Å². The molecule has 0 aromatic rings. The van der Waals surface area contributed by atoms with Gasteiger partial charge in [0, 0.05) is 13.0 Å². The monoisotopic (exact) mass is 532 g/mol. The van der Waals surface area contributed by atoms with E-state index in [4.69, 9.17) is 10.9 Å². The van der Waals surface area contributed by atoms with Gasteiger partial charge in [0.2, 0.25) is 0 Å². The zero-order valence-corrected chi connectivity index (χ0v) is 23.4. The summed E-state index contributed by atoms with van der Waals surface area (Å²) >= 11 is 0. The van der Waals surface area contributed by atoms with E-state index >= 15 is 0 Å². The van der Waals surface area contributed by atoms with Crippen molar-refractivity contribution in [2.45, 2.75) is 148 Å². The molecular formula is C25H60N10O2. The van der Waals surface area contributed by atoms with Gasteiger partial charge in [0.25, 0.3) is 0 Å². The number of hydrogen-bond donors (Lipinski definition) is 11. The Labute approximate surface area is 225 Å². The van der Waals surface area contributed by atoms with E-state index in [9.17, 15) is 4.79 Å². The van der Waals surface area contributed by atoms with Crippen molar-refractivity contribution >= 4 is 5.97 Å². The van der Waals surface area contributed by atoms with Crippen LogP contribution < -0.4 is 55.5 Å². The zero-order valence-electron chi connectivity index (χ0n) is 23.4. The molecule has 12 nitrogen and oxygen atoms in total. The summed E-state index contributed by atoms with van der Waals surface area (Å²) in [5, 5.41) is 8.61. The van der Waals surface area contributed by atoms with Crippen LogP contribution in [0.4, 0.5) is 0 Å². The average molecular weight is 533 g/mol. The van der Waals surface area contributed by atoms with Crippen LogP contribution in [-0.2, 0) is 4.79 Å². The second-order valence-electron chi connectivity index (χ2n) is 9.87. The van der Waals surface area contributed by atoms with Crippen LogP contribution >= 0.6 is 0 Å². The maximum absolute atomic E-state index is 10.5. The standard InChI is InChI=1S/C25H60N10O2/c26-28-30-32-34-35-33-31-29-27-24-22-20-18-16-14-12-10-8-6-4-2-1-3-5-7-9-11-13-15-17-19-21-23-25(36)37/h27-35H,1-24,26H2,(H,36,37). The summed E-state index contributed by atoms with van der Waals surface area (Å²) < 4.78 is 0. The number of carbonyl (C=O) groups is 1. The number of nitrogens with one attached hydrogen (secondary N) is 9. The molecular weight excluding hydrogens is 472 g/mol. The summed E-state index contributed by atoms with van der Waals surface area (Å²) in [6.45, 7) is 0.915. The number of hydrazine groups is 9. The van der Waals surface area contributed by atoms with Crippen molar-refractivity contribution in [1.82, 2.24) is 49.7 Å². The van der Waals surface area contributed by atoms with E-state index in [1.807, 2.05) is 0 Å². The molecule has 0 aliphatic carbocycles. The molecule has 0 saturated carbocycles. The largest absolute Gasteiger partial charge is 0.481 e. The summed E-state index contributed by atoms with van der Waals surface area (Å²) in [7, 11) is 0. The molecule has 0 fully saturated rings. The second-order valence-corrected chi connectivity index (χ2v) is 9.87. The first kappa shape index (κ1) is 36.1. The smallest absolute Gasteiger partial charge is 0.303 e. The fourth-order valence-corrected chi connectivity index (χ4v) is 4.32. The summed E-state index contributed by atoms with van der Waals surface area (Å²) in [6, 6.07) is 0. The van der Waals surface area contributed by atoms with Gasteiger partial charge >= 0.3 is 5.97 Å². The van der Waals surface area contributed by atoms with Crippen LogP contribution in [0.3, 0.4) is 0 Å². The third-order valence-corrected chi connectivity index (χ3v) is 6.48. The highest BCUT2D eigenvalue weighted by Gasteiger charge is 1.98. The molecule has 12 N–H and O–H groups in total. The summed E-state index contributed by atoms with van der Waals surface area (Å²) in [6.07, 6.45) is 29.3. The maximum atomic E-state index is 10.5. The van der Waals surface area contributed by atoms with E-state index < -0.39 is 5.97 Å². The highest BCUT2D eigenvalue weighted by molar-refractivity contribution is 5.66. The van der Waals surface area contributed by atoms with Gasteiger partial charge in [-0.2, -0.15) is 44.3 Å². The SMILES string of the molecule is NNNNNNNNNNCCCCCCCCCCCCCCCCCCCCCCCCC(=O)O. The first-order chi connectivity index (χ1) is 18.3. The van der Waals surface area contributed by atoms with Crippen molar-refractivity contribution in [3.8, 4) is 0 Å². The van der Waals surface area contributed by atoms with Gasteiger partial charge in [0.1, 0.15) is 0 Å². The number of unbranched alkanes of at least 4 members (excludes halogenated alkanes) is 21. The number of aliphatic carboxylic acids is 1. The van der Waals surface area contributed by atoms with Crippen LogP contribution in [0.2, 0.25) is 0 Å². The third-order valence-electron chi connectivity index (χ3n) is 6.48. The Bertz CT molecular complexity index is 450. The Morgan fingerprint density at radius 2 is 0.730 bits per heavy atom. The molecule has 0 aliphatic rings. The number of rotatable bonds is 33. The highest BCUT2D eigenvalue weighted by atomic mass is 16.4. The van der Waals surface area contributed by atoms with E-state index in [0.29, 0.717) is 6.42 Å². The van der Waals surface area contributed by atoms with Crippen LogP contribution in [0.1, 0.15) is 148 Å². The lowest BCUT2D eigenvalue weighted by atomic mass is 10.0. The molecule has 0 unspecified atom stereocenters. The van der Waals surface area contributed by atoms with Crippen LogP contribution in [0.15, 0.2) is 0 Å². The molecule has 0 atom stereocenters. The second kappa shape index (κ2) is 33.1. The molecule has 0 aromatic carbocycles. The topological polar surface area (TPSA) is 172 Å². The lowest BCUT2D eigenvalue weighted by molar-refractivity contribution is -0.137. The Kier molecular flexibility index (Phi) is 32.3. The fourth-order valence-electron chi connectivity index (χ4n) is 4.32. The Balaban J connectivity index is 3.02. The predicted molar refractivity (Wildman–Crippen MR) is 151 cm³/mol. The molecule has 0 radical (unpaired) electrons. The van der Waals surface area contributed by atoms with E-state index in [2.05, 4.69) is 49.7 Å². The van der Waals surface area contributed by atoms with Gasteiger partial charge < -0.3 is 5.11 Å². The third kappa shape index (κ3) is 35.1. The Morgan fingerprint density at radius 1 is 0.432 bits per heavy atom. The first-order valence-electron chi connectivity index (χ1n) is 14.9. The molecule has 0 aromatic heterocycles. The fraction of sp³-hybridized carbons (Fsp3) is 0.960. The van der Waals surface area contributed by atoms with Crippen LogP contribution in [0, 0.1) is 0 Å². The average Bonchev–Trinajstić information content (AvgIpc) is 2.89. The number of hydrogen-bond acceptors (Lipinski definition) is 11. The molecule has 0 heterocycles. The van der Waals surface area contributed by atoms with Crippen LogP contribution in [0.25, 0.3) is 0 Å². The molecule has 0 saturated heterocycles. The van der Waals surface area contributed by atoms with E-state index in [-0.39, 0.29) is 0 Å². The molecule has 0 aliphatic heterocycles. The van der Waals surface area contributed by atoms with Crippen molar-refractivity contribution in [1.29, 1.82) is 0 Å². The highest BCUT2D eigenvalue weighted by Crippen LogP contribution is 2.15. The van der Waals surface area contributed by atoms with E-state index in [0.717, 1.165) is 25.8 Å². The molecule has 222 valence electrons. The van der Waals surface area contributed by atoms with Gasteiger partial charge in [-0.15, -0.1) is 0 Å². The maximum Gasteiger partial charge on any atom is 0.303 e. The van der Waals surface area contributed by atoms with Crippen molar-refractivity contribution in [2.24, 2.45) is 5.84 Å². The minimum atomic E-state index is -0.659. The van der Waals surface area contributed by atoms with E-state index in [1.54, 1.807) is 0 Å². The van der Waals surface area contributed by atoms with Crippen molar-refractivity contribution in [2.75, 3.05) is 6.54 Å². The molecule has 0 bridgehead atoms.